The summed E-state index contributed by atoms with van der Waals surface area (Å²) in [5.74, 6) is -0.505. The first-order valence-electron chi connectivity index (χ1n) is 5.77. The molecule has 1 saturated heterocycles. The van der Waals surface area contributed by atoms with Crippen molar-refractivity contribution in [3.8, 4) is 0 Å². The van der Waals surface area contributed by atoms with Crippen molar-refractivity contribution < 1.29 is 14.3 Å². The second-order valence-electron chi connectivity index (χ2n) is 4.13. The number of nitrogens with zero attached hydrogens (tertiary/aromatic N) is 1. The van der Waals surface area contributed by atoms with Crippen LogP contribution in [-0.4, -0.2) is 48.9 Å². The first-order valence-corrected chi connectivity index (χ1v) is 5.77. The number of carbonyl (C=O) groups is 2. The van der Waals surface area contributed by atoms with Gasteiger partial charge in [-0.15, -0.1) is 0 Å². The average molecular weight is 228 g/mol. The van der Waals surface area contributed by atoms with Gasteiger partial charge in [0.25, 0.3) is 0 Å². The number of hydrogen-bond acceptors (Lipinski definition) is 5. The zero-order valence-electron chi connectivity index (χ0n) is 9.78. The lowest BCUT2D eigenvalue weighted by Gasteiger charge is -2.29. The van der Waals surface area contributed by atoms with Gasteiger partial charge in [-0.25, -0.2) is 0 Å². The first kappa shape index (κ1) is 13.1. The minimum Gasteiger partial charge on any atom is -0.466 e. The van der Waals surface area contributed by atoms with Gasteiger partial charge in [0.1, 0.15) is 6.42 Å². The van der Waals surface area contributed by atoms with Crippen LogP contribution >= 0.6 is 0 Å². The molecule has 1 aliphatic rings. The highest BCUT2D eigenvalue weighted by molar-refractivity contribution is 5.96. The van der Waals surface area contributed by atoms with E-state index in [9.17, 15) is 9.59 Å². The highest BCUT2D eigenvalue weighted by atomic mass is 16.5. The Kier molecular flexibility index (Phi) is 5.42. The predicted molar refractivity (Wildman–Crippen MR) is 59.9 cm³/mol. The highest BCUT2D eigenvalue weighted by Gasteiger charge is 2.19. The summed E-state index contributed by atoms with van der Waals surface area (Å²) in [6.45, 7) is 4.08. The number of rotatable bonds is 5. The van der Waals surface area contributed by atoms with Crippen molar-refractivity contribution in [2.24, 2.45) is 5.73 Å². The topological polar surface area (TPSA) is 72.6 Å². The van der Waals surface area contributed by atoms with Gasteiger partial charge < -0.3 is 10.5 Å². The largest absolute Gasteiger partial charge is 0.466 e. The number of ketones is 1. The van der Waals surface area contributed by atoms with Gasteiger partial charge in [0.05, 0.1) is 13.2 Å². The Bertz CT molecular complexity index is 248. The number of carbonyl (C=O) groups excluding carboxylic acids is 2. The van der Waals surface area contributed by atoms with E-state index in [0.29, 0.717) is 13.2 Å². The smallest absolute Gasteiger partial charge is 0.313 e. The van der Waals surface area contributed by atoms with Crippen molar-refractivity contribution in [1.29, 1.82) is 0 Å². The van der Waals surface area contributed by atoms with Crippen LogP contribution in [0.4, 0.5) is 0 Å². The maximum Gasteiger partial charge on any atom is 0.313 e. The molecule has 0 saturated carbocycles. The molecule has 92 valence electrons. The van der Waals surface area contributed by atoms with Crippen LogP contribution < -0.4 is 5.73 Å². The molecule has 0 aromatic rings. The first-order chi connectivity index (χ1) is 7.61. The molecule has 2 N–H and O–H groups in total. The molecule has 5 nitrogen and oxygen atoms in total. The van der Waals surface area contributed by atoms with Gasteiger partial charge >= 0.3 is 5.97 Å². The molecule has 0 bridgehead atoms. The SMILES string of the molecule is CCOC(=O)CC(=O)CN1CCC(N)CC1. The fourth-order valence-electron chi connectivity index (χ4n) is 1.79. The summed E-state index contributed by atoms with van der Waals surface area (Å²) >= 11 is 0. The second kappa shape index (κ2) is 6.60. The summed E-state index contributed by atoms with van der Waals surface area (Å²) in [5, 5.41) is 0. The molecule has 1 aliphatic heterocycles. The normalized spacial score (nSPS) is 18.4. The Morgan fingerprint density at radius 2 is 2.00 bits per heavy atom. The average Bonchev–Trinajstić information content (AvgIpc) is 2.21. The van der Waals surface area contributed by atoms with E-state index < -0.39 is 5.97 Å². The van der Waals surface area contributed by atoms with E-state index in [1.165, 1.54) is 0 Å². The predicted octanol–water partition coefficient (Wildman–Crippen LogP) is -0.0682. The fourth-order valence-corrected chi connectivity index (χ4v) is 1.79. The molecule has 0 spiro atoms. The lowest BCUT2D eigenvalue weighted by atomic mass is 10.1. The summed E-state index contributed by atoms with van der Waals surface area (Å²) in [6, 6.07) is 0.261. The Morgan fingerprint density at radius 3 is 2.56 bits per heavy atom. The van der Waals surface area contributed by atoms with E-state index in [1.807, 2.05) is 4.90 Å². The van der Waals surface area contributed by atoms with Crippen molar-refractivity contribution >= 4 is 11.8 Å². The lowest BCUT2D eigenvalue weighted by molar-refractivity contribution is -0.145. The Hall–Kier alpha value is -0.940. The van der Waals surface area contributed by atoms with Gasteiger partial charge in [-0.1, -0.05) is 0 Å². The van der Waals surface area contributed by atoms with E-state index >= 15 is 0 Å². The number of piperidine rings is 1. The number of Topliss-reactive ketones (excluding diaryl/α,β-unsaturated/α-hetero) is 1. The third kappa shape index (κ3) is 4.72. The molecule has 1 heterocycles. The van der Waals surface area contributed by atoms with E-state index in [0.717, 1.165) is 25.9 Å². The molecule has 0 aromatic carbocycles. The molecular formula is C11H20N2O3. The van der Waals surface area contributed by atoms with Crippen molar-refractivity contribution in [1.82, 2.24) is 4.90 Å². The molecule has 0 aromatic heterocycles. The summed E-state index contributed by atoms with van der Waals surface area (Å²) in [7, 11) is 0. The molecule has 0 atom stereocenters. The van der Waals surface area contributed by atoms with Crippen LogP contribution in [-0.2, 0) is 14.3 Å². The number of nitrogens with two attached hydrogens (primary N) is 1. The monoisotopic (exact) mass is 228 g/mol. The summed E-state index contributed by atoms with van der Waals surface area (Å²) in [5.41, 5.74) is 5.76. The molecule has 0 radical (unpaired) electrons. The van der Waals surface area contributed by atoms with Gasteiger partial charge in [0.15, 0.2) is 5.78 Å². The minimum atomic E-state index is -0.429. The Morgan fingerprint density at radius 1 is 1.38 bits per heavy atom. The van der Waals surface area contributed by atoms with Crippen molar-refractivity contribution in [2.75, 3.05) is 26.2 Å². The fraction of sp³-hybridized carbons (Fsp3) is 0.818. The van der Waals surface area contributed by atoms with Crippen LogP contribution in [0.3, 0.4) is 0 Å². The third-order valence-electron chi connectivity index (χ3n) is 2.68. The van der Waals surface area contributed by atoms with Crippen molar-refractivity contribution in [2.45, 2.75) is 32.2 Å². The van der Waals surface area contributed by atoms with Crippen molar-refractivity contribution in [3.05, 3.63) is 0 Å². The number of hydrogen-bond donors (Lipinski definition) is 1. The Labute approximate surface area is 95.9 Å². The molecule has 1 fully saturated rings. The third-order valence-corrected chi connectivity index (χ3v) is 2.68. The summed E-state index contributed by atoms with van der Waals surface area (Å²) < 4.78 is 4.72. The molecule has 1 rings (SSSR count). The van der Waals surface area contributed by atoms with Crippen LogP contribution in [0.25, 0.3) is 0 Å². The molecule has 0 unspecified atom stereocenters. The molecule has 16 heavy (non-hydrogen) atoms. The van der Waals surface area contributed by atoms with Gasteiger partial charge in [0.2, 0.25) is 0 Å². The van der Waals surface area contributed by atoms with E-state index in [2.05, 4.69) is 0 Å². The van der Waals surface area contributed by atoms with Gasteiger partial charge in [0, 0.05) is 19.1 Å². The van der Waals surface area contributed by atoms with Crippen LogP contribution in [0.2, 0.25) is 0 Å². The lowest BCUT2D eigenvalue weighted by Crippen LogP contribution is -2.42. The maximum atomic E-state index is 11.5. The minimum absolute atomic E-state index is 0.0751. The van der Waals surface area contributed by atoms with E-state index in [-0.39, 0.29) is 18.2 Å². The summed E-state index contributed by atoms with van der Waals surface area (Å²) in [6.07, 6.45) is 1.73. The molecule has 0 aliphatic carbocycles. The highest BCUT2D eigenvalue weighted by Crippen LogP contribution is 2.08. The number of ether oxygens (including phenoxy) is 1. The second-order valence-corrected chi connectivity index (χ2v) is 4.13. The van der Waals surface area contributed by atoms with E-state index in [1.54, 1.807) is 6.92 Å². The molecule has 5 heteroatoms. The molecular weight excluding hydrogens is 208 g/mol. The maximum absolute atomic E-state index is 11.5. The van der Waals surface area contributed by atoms with Crippen molar-refractivity contribution in [3.63, 3.8) is 0 Å². The van der Waals surface area contributed by atoms with Crippen LogP contribution in [0.5, 0.6) is 0 Å². The van der Waals surface area contributed by atoms with E-state index in [4.69, 9.17) is 10.5 Å². The zero-order chi connectivity index (χ0) is 12.0. The zero-order valence-corrected chi connectivity index (χ0v) is 9.78. The quantitative estimate of drug-likeness (QED) is 0.527. The van der Waals surface area contributed by atoms with Crippen LogP contribution in [0.15, 0.2) is 0 Å². The van der Waals surface area contributed by atoms with Crippen LogP contribution in [0, 0.1) is 0 Å². The van der Waals surface area contributed by atoms with Gasteiger partial charge in [-0.3, -0.25) is 14.5 Å². The van der Waals surface area contributed by atoms with Gasteiger partial charge in [-0.2, -0.15) is 0 Å². The number of likely N-dealkylation sites (tertiary alicyclic amines) is 1. The Balaban J connectivity index is 2.21. The van der Waals surface area contributed by atoms with Gasteiger partial charge in [-0.05, 0) is 19.8 Å². The number of esters is 1. The standard InChI is InChI=1S/C11H20N2O3/c1-2-16-11(15)7-10(14)8-13-5-3-9(12)4-6-13/h9H,2-8,12H2,1H3. The summed E-state index contributed by atoms with van der Waals surface area (Å²) in [4.78, 5) is 24.6. The molecule has 0 amide bonds. The van der Waals surface area contributed by atoms with Crippen LogP contribution in [0.1, 0.15) is 26.2 Å².